The predicted molar refractivity (Wildman–Crippen MR) is 88.9 cm³/mol. The van der Waals surface area contributed by atoms with Crippen molar-refractivity contribution in [3.05, 3.63) is 33.3 Å². The van der Waals surface area contributed by atoms with Crippen LogP contribution in [0.1, 0.15) is 57.6 Å². The average molecular weight is 347 g/mol. The van der Waals surface area contributed by atoms with Crippen LogP contribution in [-0.4, -0.2) is 7.05 Å². The maximum Gasteiger partial charge on any atom is 0.0454 e. The summed E-state index contributed by atoms with van der Waals surface area (Å²) in [7, 11) is 2.02. The topological polar surface area (TPSA) is 12.0 Å². The normalized spacial score (nSPS) is 14.4. The van der Waals surface area contributed by atoms with E-state index in [1.807, 2.05) is 19.2 Å². The van der Waals surface area contributed by atoms with Gasteiger partial charge in [-0.1, -0.05) is 67.1 Å². The first kappa shape index (κ1) is 17.0. The van der Waals surface area contributed by atoms with Gasteiger partial charge in [-0.2, -0.15) is 0 Å². The molecular weight excluding hydrogens is 322 g/mol. The van der Waals surface area contributed by atoms with Gasteiger partial charge in [-0.15, -0.1) is 0 Å². The molecule has 1 aromatic rings. The lowest BCUT2D eigenvalue weighted by Crippen LogP contribution is -2.20. The molecule has 0 spiro atoms. The molecule has 0 amide bonds. The Morgan fingerprint density at radius 1 is 1.32 bits per heavy atom. The summed E-state index contributed by atoms with van der Waals surface area (Å²) in [6, 6.07) is 6.44. The van der Waals surface area contributed by atoms with E-state index in [9.17, 15) is 0 Å². The fourth-order valence-corrected chi connectivity index (χ4v) is 3.12. The predicted octanol–water partition coefficient (Wildman–Crippen LogP) is 5.97. The van der Waals surface area contributed by atoms with Crippen molar-refractivity contribution in [1.29, 1.82) is 0 Å². The van der Waals surface area contributed by atoms with Crippen molar-refractivity contribution in [3.8, 4) is 0 Å². The van der Waals surface area contributed by atoms with Gasteiger partial charge in [0, 0.05) is 15.5 Å². The lowest BCUT2D eigenvalue weighted by atomic mass is 9.89. The molecule has 108 valence electrons. The quantitative estimate of drug-likeness (QED) is 0.611. The van der Waals surface area contributed by atoms with Gasteiger partial charge in [-0.3, -0.25) is 0 Å². The van der Waals surface area contributed by atoms with Crippen LogP contribution in [-0.2, 0) is 0 Å². The second-order valence-corrected chi connectivity index (χ2v) is 6.48. The summed E-state index contributed by atoms with van der Waals surface area (Å²) in [6.07, 6.45) is 6.31. The molecule has 2 atom stereocenters. The van der Waals surface area contributed by atoms with Crippen LogP contribution >= 0.6 is 27.5 Å². The highest BCUT2D eigenvalue weighted by Crippen LogP contribution is 2.32. The molecule has 1 N–H and O–H groups in total. The third kappa shape index (κ3) is 5.45. The summed E-state index contributed by atoms with van der Waals surface area (Å²) in [5, 5.41) is 4.28. The van der Waals surface area contributed by atoms with Gasteiger partial charge in [0.05, 0.1) is 0 Å². The lowest BCUT2D eigenvalue weighted by Gasteiger charge is -2.24. The molecule has 1 nitrogen and oxygen atoms in total. The van der Waals surface area contributed by atoms with Gasteiger partial charge >= 0.3 is 0 Å². The molecule has 0 aliphatic rings. The van der Waals surface area contributed by atoms with Crippen LogP contribution in [0, 0.1) is 5.92 Å². The van der Waals surface area contributed by atoms with E-state index in [4.69, 9.17) is 11.6 Å². The first-order valence-corrected chi connectivity index (χ1v) is 8.41. The number of halogens is 2. The lowest BCUT2D eigenvalue weighted by molar-refractivity contribution is 0.365. The van der Waals surface area contributed by atoms with Crippen LogP contribution in [0.25, 0.3) is 0 Å². The highest BCUT2D eigenvalue weighted by molar-refractivity contribution is 9.10. The molecule has 0 bridgehead atoms. The highest BCUT2D eigenvalue weighted by atomic mass is 79.9. The van der Waals surface area contributed by atoms with E-state index in [1.165, 1.54) is 31.2 Å². The van der Waals surface area contributed by atoms with E-state index in [1.54, 1.807) is 0 Å². The van der Waals surface area contributed by atoms with E-state index in [0.29, 0.717) is 6.04 Å². The molecule has 0 aliphatic heterocycles. The Morgan fingerprint density at radius 3 is 2.63 bits per heavy atom. The molecule has 1 aromatic carbocycles. The van der Waals surface area contributed by atoms with Gasteiger partial charge in [0.2, 0.25) is 0 Å². The van der Waals surface area contributed by atoms with Crippen molar-refractivity contribution in [2.24, 2.45) is 5.92 Å². The van der Waals surface area contributed by atoms with Crippen LogP contribution in [0.4, 0.5) is 0 Å². The maximum absolute atomic E-state index is 6.34. The Kier molecular flexibility index (Phi) is 8.05. The Morgan fingerprint density at radius 2 is 2.05 bits per heavy atom. The molecule has 0 heterocycles. The van der Waals surface area contributed by atoms with Crippen molar-refractivity contribution in [2.45, 2.75) is 52.0 Å². The second kappa shape index (κ2) is 8.99. The van der Waals surface area contributed by atoms with Gasteiger partial charge in [0.15, 0.2) is 0 Å². The fourth-order valence-electron chi connectivity index (χ4n) is 2.50. The van der Waals surface area contributed by atoms with Gasteiger partial charge in [0.1, 0.15) is 0 Å². The largest absolute Gasteiger partial charge is 0.313 e. The minimum absolute atomic E-state index is 0.340. The molecule has 1 rings (SSSR count). The Hall–Kier alpha value is -0.0500. The molecule has 0 fully saturated rings. The molecule has 0 aromatic heterocycles. The minimum atomic E-state index is 0.340. The van der Waals surface area contributed by atoms with Gasteiger partial charge in [-0.25, -0.2) is 0 Å². The first-order chi connectivity index (χ1) is 9.12. The van der Waals surface area contributed by atoms with E-state index in [2.05, 4.69) is 41.2 Å². The van der Waals surface area contributed by atoms with E-state index in [-0.39, 0.29) is 0 Å². The third-order valence-electron chi connectivity index (χ3n) is 3.79. The zero-order chi connectivity index (χ0) is 14.3. The number of hydrogen-bond donors (Lipinski definition) is 1. The van der Waals surface area contributed by atoms with Crippen LogP contribution < -0.4 is 5.32 Å². The molecule has 19 heavy (non-hydrogen) atoms. The Balaban J connectivity index is 2.78. The van der Waals surface area contributed by atoms with Crippen LogP contribution in [0.2, 0.25) is 5.02 Å². The van der Waals surface area contributed by atoms with E-state index in [0.717, 1.165) is 21.8 Å². The molecule has 2 unspecified atom stereocenters. The highest BCUT2D eigenvalue weighted by Gasteiger charge is 2.18. The van der Waals surface area contributed by atoms with E-state index < -0.39 is 0 Å². The molecule has 3 heteroatoms. The van der Waals surface area contributed by atoms with Crippen molar-refractivity contribution < 1.29 is 0 Å². The molecule has 0 radical (unpaired) electrons. The first-order valence-electron chi connectivity index (χ1n) is 7.24. The van der Waals surface area contributed by atoms with Crippen molar-refractivity contribution in [3.63, 3.8) is 0 Å². The number of rotatable bonds is 8. The van der Waals surface area contributed by atoms with Gasteiger partial charge in [-0.05, 0) is 43.1 Å². The van der Waals surface area contributed by atoms with Gasteiger partial charge in [0.25, 0.3) is 0 Å². The SMILES string of the molecule is CCCCC(CC)CC(NC)c1cc(Br)ccc1Cl. The molecular formula is C16H25BrClN. The maximum atomic E-state index is 6.34. The summed E-state index contributed by atoms with van der Waals surface area (Å²) in [5.41, 5.74) is 1.20. The number of benzene rings is 1. The number of nitrogens with one attached hydrogen (secondary N) is 1. The van der Waals surface area contributed by atoms with Crippen molar-refractivity contribution in [2.75, 3.05) is 7.05 Å². The summed E-state index contributed by atoms with van der Waals surface area (Å²) >= 11 is 9.87. The zero-order valence-corrected chi connectivity index (χ0v) is 14.5. The summed E-state index contributed by atoms with van der Waals surface area (Å²) in [6.45, 7) is 4.54. The third-order valence-corrected chi connectivity index (χ3v) is 4.63. The summed E-state index contributed by atoms with van der Waals surface area (Å²) in [5.74, 6) is 0.771. The monoisotopic (exact) mass is 345 g/mol. The van der Waals surface area contributed by atoms with Crippen molar-refractivity contribution in [1.82, 2.24) is 5.32 Å². The van der Waals surface area contributed by atoms with Crippen LogP contribution in [0.3, 0.4) is 0 Å². The standard InChI is InChI=1S/C16H25BrClN/c1-4-6-7-12(5-2)10-16(19-3)14-11-13(17)8-9-15(14)18/h8-9,11-12,16,19H,4-7,10H2,1-3H3. The average Bonchev–Trinajstić information content (AvgIpc) is 2.42. The summed E-state index contributed by atoms with van der Waals surface area (Å²) in [4.78, 5) is 0. The van der Waals surface area contributed by atoms with Crippen molar-refractivity contribution >= 4 is 27.5 Å². The summed E-state index contributed by atoms with van der Waals surface area (Å²) < 4.78 is 1.09. The molecule has 0 saturated heterocycles. The van der Waals surface area contributed by atoms with Crippen LogP contribution in [0.5, 0.6) is 0 Å². The smallest absolute Gasteiger partial charge is 0.0454 e. The number of hydrogen-bond acceptors (Lipinski definition) is 1. The fraction of sp³-hybridized carbons (Fsp3) is 0.625. The van der Waals surface area contributed by atoms with Gasteiger partial charge < -0.3 is 5.32 Å². The molecule has 0 aliphatic carbocycles. The second-order valence-electron chi connectivity index (χ2n) is 5.16. The van der Waals surface area contributed by atoms with E-state index >= 15 is 0 Å². The van der Waals surface area contributed by atoms with Crippen LogP contribution in [0.15, 0.2) is 22.7 Å². The Labute approximate surface area is 131 Å². The Bertz CT molecular complexity index is 381. The number of unbranched alkanes of at least 4 members (excludes halogenated alkanes) is 1. The minimum Gasteiger partial charge on any atom is -0.313 e. The zero-order valence-electron chi connectivity index (χ0n) is 12.2. The molecule has 0 saturated carbocycles.